The lowest BCUT2D eigenvalue weighted by Gasteiger charge is -2.24. The number of nitrogens with zero attached hydrogens (tertiary/aromatic N) is 2. The van der Waals surface area contributed by atoms with Gasteiger partial charge in [-0.05, 0) is 24.3 Å². The number of aromatic nitrogens is 1. The summed E-state index contributed by atoms with van der Waals surface area (Å²) in [5, 5.41) is 8.13. The fraction of sp³-hybridized carbons (Fsp3) is 0.429. The fourth-order valence-electron chi connectivity index (χ4n) is 2.52. The van der Waals surface area contributed by atoms with Crippen LogP contribution in [0.1, 0.15) is 17.7 Å². The number of anilines is 1. The van der Waals surface area contributed by atoms with Gasteiger partial charge in [0.15, 0.2) is 5.13 Å². The van der Waals surface area contributed by atoms with Crippen LogP contribution in [-0.2, 0) is 11.2 Å². The van der Waals surface area contributed by atoms with Crippen molar-refractivity contribution < 1.29 is 4.79 Å². The number of rotatable bonds is 5. The first-order valence-corrected chi connectivity index (χ1v) is 8.54. The molecule has 0 aliphatic carbocycles. The van der Waals surface area contributed by atoms with Crippen LogP contribution in [0.2, 0.25) is 0 Å². The average Bonchev–Trinajstić information content (AvgIpc) is 3.18. The molecule has 0 saturated carbocycles. The predicted molar refractivity (Wildman–Crippen MR) is 83.5 cm³/mol. The molecule has 0 radical (unpaired) electrons. The first-order chi connectivity index (χ1) is 9.83. The summed E-state index contributed by atoms with van der Waals surface area (Å²) in [4.78, 5) is 19.7. The van der Waals surface area contributed by atoms with Crippen molar-refractivity contribution in [2.75, 3.05) is 18.0 Å². The minimum atomic E-state index is 0.110. The van der Waals surface area contributed by atoms with E-state index in [1.807, 2.05) is 29.1 Å². The molecule has 4 nitrogen and oxygen atoms in total. The number of hydrogen-bond donors (Lipinski definition) is 1. The normalized spacial score (nSPS) is 18.4. The fourth-order valence-corrected chi connectivity index (χ4v) is 3.97. The van der Waals surface area contributed by atoms with Gasteiger partial charge in [0.25, 0.3) is 0 Å². The van der Waals surface area contributed by atoms with E-state index in [0.717, 1.165) is 23.0 Å². The molecule has 1 fully saturated rings. The van der Waals surface area contributed by atoms with Crippen LogP contribution in [0.4, 0.5) is 5.13 Å². The Kier molecular flexibility index (Phi) is 4.32. The third kappa shape index (κ3) is 3.19. The minimum Gasteiger partial charge on any atom is -0.354 e. The molecular formula is C14H17N3OS2. The Morgan fingerprint density at radius 1 is 1.45 bits per heavy atom. The number of amides is 1. The van der Waals surface area contributed by atoms with Gasteiger partial charge in [0, 0.05) is 35.6 Å². The molecule has 1 N–H and O–H groups in total. The molecule has 3 heterocycles. The summed E-state index contributed by atoms with van der Waals surface area (Å²) in [6.45, 7) is 1.75. The number of carbonyl (C=O) groups excluding carboxylic acids is 1. The van der Waals surface area contributed by atoms with Crippen molar-refractivity contribution in [3.05, 3.63) is 34.0 Å². The highest BCUT2D eigenvalue weighted by molar-refractivity contribution is 7.13. The third-order valence-corrected chi connectivity index (χ3v) is 5.18. The lowest BCUT2D eigenvalue weighted by Crippen LogP contribution is -2.40. The number of thiophene rings is 1. The smallest absolute Gasteiger partial charge is 0.225 e. The van der Waals surface area contributed by atoms with Gasteiger partial charge in [-0.25, -0.2) is 4.98 Å². The van der Waals surface area contributed by atoms with E-state index in [4.69, 9.17) is 0 Å². The molecule has 3 rings (SSSR count). The number of nitrogens with one attached hydrogen (secondary N) is 1. The molecule has 1 aliphatic rings. The molecular weight excluding hydrogens is 290 g/mol. The second-order valence-electron chi connectivity index (χ2n) is 4.86. The maximum atomic E-state index is 11.9. The van der Waals surface area contributed by atoms with Crippen LogP contribution in [0, 0.1) is 0 Å². The molecule has 20 heavy (non-hydrogen) atoms. The molecule has 0 aromatic carbocycles. The first kappa shape index (κ1) is 13.6. The Morgan fingerprint density at radius 3 is 3.15 bits per heavy atom. The highest BCUT2D eigenvalue weighted by atomic mass is 32.1. The summed E-state index contributed by atoms with van der Waals surface area (Å²) in [6, 6.07) is 4.37. The Balaban J connectivity index is 1.51. The van der Waals surface area contributed by atoms with E-state index >= 15 is 0 Å². The Labute approximate surface area is 126 Å². The van der Waals surface area contributed by atoms with Crippen molar-refractivity contribution in [3.8, 4) is 0 Å². The van der Waals surface area contributed by atoms with Gasteiger partial charge in [-0.1, -0.05) is 6.07 Å². The lowest BCUT2D eigenvalue weighted by molar-refractivity contribution is -0.120. The maximum absolute atomic E-state index is 11.9. The van der Waals surface area contributed by atoms with Gasteiger partial charge in [-0.15, -0.1) is 22.7 Å². The molecule has 0 spiro atoms. The average molecular weight is 307 g/mol. The van der Waals surface area contributed by atoms with Crippen molar-refractivity contribution in [1.29, 1.82) is 0 Å². The summed E-state index contributed by atoms with van der Waals surface area (Å²) in [7, 11) is 0. The second-order valence-corrected chi connectivity index (χ2v) is 6.77. The van der Waals surface area contributed by atoms with Crippen molar-refractivity contribution in [1.82, 2.24) is 10.3 Å². The quantitative estimate of drug-likeness (QED) is 0.923. The SMILES string of the molecule is O=C(Cc1cccs1)NCC1CCCN1c1nccs1. The van der Waals surface area contributed by atoms with Gasteiger partial charge in [0.2, 0.25) is 5.91 Å². The van der Waals surface area contributed by atoms with Gasteiger partial charge >= 0.3 is 0 Å². The Hall–Kier alpha value is -1.40. The molecule has 1 saturated heterocycles. The van der Waals surface area contributed by atoms with Crippen molar-refractivity contribution in [2.24, 2.45) is 0 Å². The largest absolute Gasteiger partial charge is 0.354 e. The van der Waals surface area contributed by atoms with E-state index in [-0.39, 0.29) is 5.91 Å². The van der Waals surface area contributed by atoms with Crippen LogP contribution < -0.4 is 10.2 Å². The molecule has 1 amide bonds. The number of thiazole rings is 1. The summed E-state index contributed by atoms with van der Waals surface area (Å²) in [6.07, 6.45) is 4.62. The second kappa shape index (κ2) is 6.37. The zero-order chi connectivity index (χ0) is 13.8. The summed E-state index contributed by atoms with van der Waals surface area (Å²) in [5.41, 5.74) is 0. The zero-order valence-corrected chi connectivity index (χ0v) is 12.8. The molecule has 2 aromatic heterocycles. The highest BCUT2D eigenvalue weighted by Gasteiger charge is 2.26. The Morgan fingerprint density at radius 2 is 2.40 bits per heavy atom. The van der Waals surface area contributed by atoms with Crippen molar-refractivity contribution in [3.63, 3.8) is 0 Å². The minimum absolute atomic E-state index is 0.110. The molecule has 1 atom stereocenters. The molecule has 0 bridgehead atoms. The van der Waals surface area contributed by atoms with Gasteiger partial charge in [-0.3, -0.25) is 4.79 Å². The van der Waals surface area contributed by atoms with E-state index in [1.54, 1.807) is 22.7 Å². The Bertz CT molecular complexity index is 539. The van der Waals surface area contributed by atoms with Crippen LogP contribution in [-0.4, -0.2) is 30.0 Å². The maximum Gasteiger partial charge on any atom is 0.225 e. The van der Waals surface area contributed by atoms with Crippen molar-refractivity contribution >= 4 is 33.7 Å². The van der Waals surface area contributed by atoms with Crippen LogP contribution >= 0.6 is 22.7 Å². The van der Waals surface area contributed by atoms with E-state index in [2.05, 4.69) is 15.2 Å². The summed E-state index contributed by atoms with van der Waals surface area (Å²) in [5.74, 6) is 0.110. The lowest BCUT2D eigenvalue weighted by atomic mass is 10.2. The van der Waals surface area contributed by atoms with Crippen LogP contribution in [0.15, 0.2) is 29.1 Å². The topological polar surface area (TPSA) is 45.2 Å². The third-order valence-electron chi connectivity index (χ3n) is 3.49. The van der Waals surface area contributed by atoms with Crippen LogP contribution in [0.3, 0.4) is 0 Å². The van der Waals surface area contributed by atoms with E-state index in [9.17, 15) is 4.79 Å². The molecule has 2 aromatic rings. The van der Waals surface area contributed by atoms with Crippen molar-refractivity contribution in [2.45, 2.75) is 25.3 Å². The van der Waals surface area contributed by atoms with Gasteiger partial charge in [0.05, 0.1) is 6.42 Å². The predicted octanol–water partition coefficient (Wildman–Crippen LogP) is 2.53. The highest BCUT2D eigenvalue weighted by Crippen LogP contribution is 2.26. The molecule has 1 unspecified atom stereocenters. The van der Waals surface area contributed by atoms with Crippen LogP contribution in [0.25, 0.3) is 0 Å². The van der Waals surface area contributed by atoms with Gasteiger partial charge in [-0.2, -0.15) is 0 Å². The molecule has 6 heteroatoms. The van der Waals surface area contributed by atoms with Crippen LogP contribution in [0.5, 0.6) is 0 Å². The monoisotopic (exact) mass is 307 g/mol. The first-order valence-electron chi connectivity index (χ1n) is 6.78. The zero-order valence-electron chi connectivity index (χ0n) is 11.1. The van der Waals surface area contributed by atoms with E-state index < -0.39 is 0 Å². The molecule has 106 valence electrons. The van der Waals surface area contributed by atoms with Gasteiger partial charge < -0.3 is 10.2 Å². The van der Waals surface area contributed by atoms with E-state index in [1.165, 1.54) is 6.42 Å². The van der Waals surface area contributed by atoms with Gasteiger partial charge in [0.1, 0.15) is 0 Å². The summed E-state index contributed by atoms with van der Waals surface area (Å²) < 4.78 is 0. The number of carbonyl (C=O) groups is 1. The summed E-state index contributed by atoms with van der Waals surface area (Å²) >= 11 is 3.29. The number of hydrogen-bond acceptors (Lipinski definition) is 5. The standard InChI is InChI=1S/C14H17N3OS2/c18-13(9-12-4-2-7-19-12)16-10-11-3-1-6-17(11)14-15-5-8-20-14/h2,4-5,7-8,11H,1,3,6,9-10H2,(H,16,18). The van der Waals surface area contributed by atoms with E-state index in [0.29, 0.717) is 19.0 Å². The molecule has 1 aliphatic heterocycles.